The number of aliphatic hydroxyl groups excluding tert-OH is 1. The molecule has 0 atom stereocenters. The molecule has 0 unspecified atom stereocenters. The van der Waals surface area contributed by atoms with Gasteiger partial charge >= 0.3 is 0 Å². The van der Waals surface area contributed by atoms with Crippen LogP contribution in [0.5, 0.6) is 5.75 Å². The molecule has 2 aromatic carbocycles. The van der Waals surface area contributed by atoms with Gasteiger partial charge in [-0.25, -0.2) is 0 Å². The van der Waals surface area contributed by atoms with Crippen molar-refractivity contribution in [3.8, 4) is 5.75 Å². The molecule has 1 heterocycles. The van der Waals surface area contributed by atoms with E-state index in [9.17, 15) is 4.79 Å². The summed E-state index contributed by atoms with van der Waals surface area (Å²) in [6.07, 6.45) is 1.78. The average molecular weight is 418 g/mol. The molecule has 0 spiro atoms. The molecule has 1 fully saturated rings. The Balaban J connectivity index is 1.92. The number of para-hydroxylation sites is 1. The average Bonchev–Trinajstić information content (AvgIpc) is 2.96. The van der Waals surface area contributed by atoms with E-state index in [0.717, 1.165) is 11.3 Å². The van der Waals surface area contributed by atoms with Gasteiger partial charge in [-0.1, -0.05) is 35.9 Å². The molecular formula is C20H20ClN3O3S. The van der Waals surface area contributed by atoms with Gasteiger partial charge in [0.1, 0.15) is 12.4 Å². The molecule has 0 radical (unpaired) electrons. The van der Waals surface area contributed by atoms with E-state index in [1.807, 2.05) is 50.5 Å². The van der Waals surface area contributed by atoms with E-state index in [4.69, 9.17) is 21.4 Å². The summed E-state index contributed by atoms with van der Waals surface area (Å²) in [5.74, 6) is 0.345. The molecule has 0 saturated carbocycles. The van der Waals surface area contributed by atoms with E-state index in [1.165, 1.54) is 11.8 Å². The number of carbonyl (C=O) groups is 1. The van der Waals surface area contributed by atoms with Crippen LogP contribution in [0, 0.1) is 0 Å². The van der Waals surface area contributed by atoms with Crippen molar-refractivity contribution in [2.75, 3.05) is 32.2 Å². The molecule has 2 aromatic rings. The molecule has 0 aliphatic carbocycles. The summed E-state index contributed by atoms with van der Waals surface area (Å²) in [5.41, 5.74) is 1.53. The number of hydrogen-bond donors (Lipinski definition) is 1. The molecule has 146 valence electrons. The van der Waals surface area contributed by atoms with Crippen molar-refractivity contribution in [2.45, 2.75) is 0 Å². The first-order valence-corrected chi connectivity index (χ1v) is 9.77. The minimum Gasteiger partial charge on any atom is -0.490 e. The second kappa shape index (κ2) is 9.14. The molecule has 28 heavy (non-hydrogen) atoms. The van der Waals surface area contributed by atoms with Gasteiger partial charge in [-0.3, -0.25) is 9.69 Å². The van der Waals surface area contributed by atoms with E-state index in [2.05, 4.69) is 5.10 Å². The first-order chi connectivity index (χ1) is 13.5. The molecular weight excluding hydrogens is 398 g/mol. The number of halogens is 1. The zero-order valence-electron chi connectivity index (χ0n) is 15.5. The van der Waals surface area contributed by atoms with Crippen LogP contribution in [0.3, 0.4) is 0 Å². The highest BCUT2D eigenvalue weighted by Gasteiger charge is 2.35. The Morgan fingerprint density at radius 1 is 1.25 bits per heavy atom. The van der Waals surface area contributed by atoms with Gasteiger partial charge in [-0.05, 0) is 47.7 Å². The van der Waals surface area contributed by atoms with Crippen LogP contribution in [-0.2, 0) is 4.79 Å². The summed E-state index contributed by atoms with van der Waals surface area (Å²) in [6, 6.07) is 14.7. The fraction of sp³-hybridized carbons (Fsp3) is 0.200. The molecule has 8 heteroatoms. The van der Waals surface area contributed by atoms with Crippen LogP contribution < -0.4 is 9.64 Å². The first-order valence-electron chi connectivity index (χ1n) is 8.58. The van der Waals surface area contributed by atoms with Crippen molar-refractivity contribution < 1.29 is 14.6 Å². The number of nitrogens with zero attached hydrogens (tertiary/aromatic N) is 3. The van der Waals surface area contributed by atoms with Crippen molar-refractivity contribution in [1.82, 2.24) is 5.01 Å². The molecule has 1 N–H and O–H groups in total. The zero-order valence-corrected chi connectivity index (χ0v) is 17.1. The number of thioether (sulfide) groups is 1. The zero-order chi connectivity index (χ0) is 20.1. The minimum absolute atomic E-state index is 0.0867. The van der Waals surface area contributed by atoms with Crippen LogP contribution in [0.2, 0.25) is 5.02 Å². The summed E-state index contributed by atoms with van der Waals surface area (Å²) < 4.78 is 5.36. The standard InChI is InChI=1S/C20H20ClN3O3S/c1-23(2)22-20-24(15-6-4-3-5-7-15)19(26)18(28-20)13-14-8-9-17(16(21)12-14)27-11-10-25/h3-9,12-13,25H,10-11H2,1-2H3/b18-13-,22-20-. The van der Waals surface area contributed by atoms with Crippen LogP contribution in [0.4, 0.5) is 5.69 Å². The van der Waals surface area contributed by atoms with Crippen molar-refractivity contribution in [3.05, 3.63) is 64.0 Å². The number of hydrazone groups is 1. The van der Waals surface area contributed by atoms with Gasteiger partial charge < -0.3 is 14.9 Å². The number of aliphatic hydroxyl groups is 1. The Labute approximate surface area is 173 Å². The van der Waals surface area contributed by atoms with Gasteiger partial charge in [0.25, 0.3) is 5.91 Å². The quantitative estimate of drug-likeness (QED) is 0.574. The summed E-state index contributed by atoms with van der Waals surface area (Å²) in [6.45, 7) is 0.0848. The third-order valence-corrected chi connectivity index (χ3v) is 4.96. The fourth-order valence-electron chi connectivity index (χ4n) is 2.55. The Morgan fingerprint density at radius 2 is 2.00 bits per heavy atom. The lowest BCUT2D eigenvalue weighted by atomic mass is 10.2. The fourth-order valence-corrected chi connectivity index (χ4v) is 3.85. The lowest BCUT2D eigenvalue weighted by molar-refractivity contribution is -0.113. The van der Waals surface area contributed by atoms with Crippen LogP contribution >= 0.6 is 23.4 Å². The van der Waals surface area contributed by atoms with Gasteiger partial charge in [0.05, 0.1) is 22.2 Å². The second-order valence-electron chi connectivity index (χ2n) is 6.08. The van der Waals surface area contributed by atoms with E-state index < -0.39 is 0 Å². The molecule has 0 aromatic heterocycles. The monoisotopic (exact) mass is 417 g/mol. The number of rotatable bonds is 6. The largest absolute Gasteiger partial charge is 0.490 e. The van der Waals surface area contributed by atoms with E-state index in [-0.39, 0.29) is 19.1 Å². The Hall–Kier alpha value is -2.48. The number of hydrogen-bond acceptors (Lipinski definition) is 6. The first kappa shape index (κ1) is 20.3. The topological polar surface area (TPSA) is 65.4 Å². The summed E-state index contributed by atoms with van der Waals surface area (Å²) in [7, 11) is 3.63. The second-order valence-corrected chi connectivity index (χ2v) is 7.49. The van der Waals surface area contributed by atoms with Gasteiger partial charge in [-0.2, -0.15) is 5.10 Å². The third kappa shape index (κ3) is 4.67. The lowest BCUT2D eigenvalue weighted by Gasteiger charge is -2.16. The number of benzene rings is 2. The van der Waals surface area contributed by atoms with Crippen molar-refractivity contribution in [1.29, 1.82) is 0 Å². The highest BCUT2D eigenvalue weighted by molar-refractivity contribution is 8.19. The highest BCUT2D eigenvalue weighted by atomic mass is 35.5. The molecule has 3 rings (SSSR count). The molecule has 1 saturated heterocycles. The molecule has 1 amide bonds. The Morgan fingerprint density at radius 3 is 2.64 bits per heavy atom. The molecule has 1 aliphatic heterocycles. The van der Waals surface area contributed by atoms with Crippen LogP contribution in [0.1, 0.15) is 5.56 Å². The smallest absolute Gasteiger partial charge is 0.271 e. The third-order valence-electron chi connectivity index (χ3n) is 3.71. The summed E-state index contributed by atoms with van der Waals surface area (Å²) >= 11 is 7.55. The van der Waals surface area contributed by atoms with E-state index >= 15 is 0 Å². The van der Waals surface area contributed by atoms with Gasteiger partial charge in [0, 0.05) is 14.1 Å². The van der Waals surface area contributed by atoms with Gasteiger partial charge in [0.2, 0.25) is 0 Å². The number of carbonyl (C=O) groups excluding carboxylic acids is 1. The van der Waals surface area contributed by atoms with Crippen molar-refractivity contribution >= 4 is 46.2 Å². The predicted octanol–water partition coefficient (Wildman–Crippen LogP) is 3.66. The Bertz CT molecular complexity index is 916. The number of amides is 1. The predicted molar refractivity (Wildman–Crippen MR) is 115 cm³/mol. The maximum atomic E-state index is 13.0. The van der Waals surface area contributed by atoms with Gasteiger partial charge in [-0.15, -0.1) is 0 Å². The maximum absolute atomic E-state index is 13.0. The van der Waals surface area contributed by atoms with Crippen LogP contribution in [0.25, 0.3) is 6.08 Å². The SMILES string of the molecule is CN(C)/N=C1\S/C(=C\c2ccc(OCCO)c(Cl)c2)C(=O)N1c1ccccc1. The Kier molecular flexibility index (Phi) is 6.61. The highest BCUT2D eigenvalue weighted by Crippen LogP contribution is 2.36. The normalized spacial score (nSPS) is 16.9. The number of ether oxygens (including phenoxy) is 1. The summed E-state index contributed by atoms with van der Waals surface area (Å²) in [4.78, 5) is 15.2. The lowest BCUT2D eigenvalue weighted by Crippen LogP contribution is -2.30. The molecule has 6 nitrogen and oxygen atoms in total. The van der Waals surface area contributed by atoms with Crippen LogP contribution in [0.15, 0.2) is 58.5 Å². The molecule has 1 aliphatic rings. The van der Waals surface area contributed by atoms with Gasteiger partial charge in [0.15, 0.2) is 5.17 Å². The maximum Gasteiger partial charge on any atom is 0.271 e. The van der Waals surface area contributed by atoms with Crippen LogP contribution in [-0.4, -0.2) is 48.5 Å². The minimum atomic E-state index is -0.145. The van der Waals surface area contributed by atoms with Crippen molar-refractivity contribution in [2.24, 2.45) is 5.10 Å². The summed E-state index contributed by atoms with van der Waals surface area (Å²) in [5, 5.41) is 16.0. The number of amidine groups is 1. The van der Waals surface area contributed by atoms with Crippen molar-refractivity contribution in [3.63, 3.8) is 0 Å². The van der Waals surface area contributed by atoms with E-state index in [1.54, 1.807) is 28.1 Å². The molecule has 0 bridgehead atoms. The number of anilines is 1. The van der Waals surface area contributed by atoms with E-state index in [0.29, 0.717) is 20.8 Å².